The van der Waals surface area contributed by atoms with Crippen molar-refractivity contribution in [2.24, 2.45) is 0 Å². The number of nitrogens with one attached hydrogen (secondary N) is 3. The molecule has 7 heteroatoms. The van der Waals surface area contributed by atoms with Crippen LogP contribution in [0.15, 0.2) is 42.5 Å². The van der Waals surface area contributed by atoms with Crippen LogP contribution in [0.3, 0.4) is 0 Å². The summed E-state index contributed by atoms with van der Waals surface area (Å²) in [6, 6.07) is 11.8. The molecule has 0 heterocycles. The van der Waals surface area contributed by atoms with E-state index in [2.05, 4.69) is 29.8 Å². The number of methoxy groups -OCH3 is 1. The fourth-order valence-corrected chi connectivity index (χ4v) is 3.77. The summed E-state index contributed by atoms with van der Waals surface area (Å²) in [5, 5.41) is 8.45. The van der Waals surface area contributed by atoms with Crippen LogP contribution in [0.5, 0.6) is 11.5 Å². The first-order valence-electron chi connectivity index (χ1n) is 13.3. The fourth-order valence-electron chi connectivity index (χ4n) is 3.77. The standard InChI is InChI=1S/C29H43N3O4/c1-4-6-8-9-10-11-12-13-21-36-25-17-15-24(16-18-25)31-29(34)32-26-22-23(14-19-27(26)35-3)28(33)30-20-7-5-2/h14-19,22H,4-13,20-21H2,1-3H3,(H,30,33)(H2,31,32,34). The second-order valence-electron chi connectivity index (χ2n) is 8.95. The predicted octanol–water partition coefficient (Wildman–Crippen LogP) is 7.39. The van der Waals surface area contributed by atoms with E-state index in [4.69, 9.17) is 9.47 Å². The van der Waals surface area contributed by atoms with Crippen LogP contribution in [-0.4, -0.2) is 32.2 Å². The summed E-state index contributed by atoms with van der Waals surface area (Å²) >= 11 is 0. The molecule has 3 N–H and O–H groups in total. The van der Waals surface area contributed by atoms with Crippen molar-refractivity contribution in [2.45, 2.75) is 78.1 Å². The molecule has 0 radical (unpaired) electrons. The van der Waals surface area contributed by atoms with E-state index in [9.17, 15) is 9.59 Å². The summed E-state index contributed by atoms with van der Waals surface area (Å²) < 4.78 is 11.2. The minimum absolute atomic E-state index is 0.183. The molecule has 0 bridgehead atoms. The molecule has 0 aliphatic carbocycles. The molecule has 0 saturated heterocycles. The molecule has 0 atom stereocenters. The van der Waals surface area contributed by atoms with Crippen LogP contribution >= 0.6 is 0 Å². The summed E-state index contributed by atoms with van der Waals surface area (Å²) in [7, 11) is 1.52. The van der Waals surface area contributed by atoms with Gasteiger partial charge in [0.15, 0.2) is 0 Å². The van der Waals surface area contributed by atoms with E-state index in [-0.39, 0.29) is 5.91 Å². The van der Waals surface area contributed by atoms with E-state index < -0.39 is 6.03 Å². The zero-order valence-electron chi connectivity index (χ0n) is 22.2. The summed E-state index contributed by atoms with van der Waals surface area (Å²) in [6.07, 6.45) is 12.0. The Bertz CT molecular complexity index is 915. The molecule has 0 unspecified atom stereocenters. The molecule has 36 heavy (non-hydrogen) atoms. The lowest BCUT2D eigenvalue weighted by atomic mass is 10.1. The highest BCUT2D eigenvalue weighted by Crippen LogP contribution is 2.26. The van der Waals surface area contributed by atoms with Crippen molar-refractivity contribution < 1.29 is 19.1 Å². The average Bonchev–Trinajstić information content (AvgIpc) is 2.88. The third-order valence-electron chi connectivity index (χ3n) is 5.90. The topological polar surface area (TPSA) is 88.7 Å². The number of amides is 3. The van der Waals surface area contributed by atoms with Crippen LogP contribution in [0.2, 0.25) is 0 Å². The maximum absolute atomic E-state index is 12.6. The Hall–Kier alpha value is -3.22. The Morgan fingerprint density at radius 1 is 0.778 bits per heavy atom. The van der Waals surface area contributed by atoms with Crippen molar-refractivity contribution in [3.05, 3.63) is 48.0 Å². The maximum atomic E-state index is 12.6. The first-order chi connectivity index (χ1) is 17.6. The van der Waals surface area contributed by atoms with Crippen LogP contribution in [0, 0.1) is 0 Å². The number of benzene rings is 2. The van der Waals surface area contributed by atoms with E-state index in [0.717, 1.165) is 25.0 Å². The van der Waals surface area contributed by atoms with Crippen molar-refractivity contribution in [1.29, 1.82) is 0 Å². The molecule has 0 aliphatic heterocycles. The normalized spacial score (nSPS) is 10.5. The molecular weight excluding hydrogens is 454 g/mol. The van der Waals surface area contributed by atoms with Gasteiger partial charge in [-0.2, -0.15) is 0 Å². The van der Waals surface area contributed by atoms with Gasteiger partial charge in [0.05, 0.1) is 19.4 Å². The van der Waals surface area contributed by atoms with Gasteiger partial charge in [-0.3, -0.25) is 4.79 Å². The minimum atomic E-state index is -0.426. The second-order valence-corrected chi connectivity index (χ2v) is 8.95. The molecule has 3 amide bonds. The van der Waals surface area contributed by atoms with Gasteiger partial charge in [-0.05, 0) is 55.3 Å². The molecule has 2 rings (SSSR count). The van der Waals surface area contributed by atoms with Crippen molar-refractivity contribution in [2.75, 3.05) is 30.9 Å². The van der Waals surface area contributed by atoms with Gasteiger partial charge in [-0.15, -0.1) is 0 Å². The number of anilines is 2. The number of ether oxygens (including phenoxy) is 2. The minimum Gasteiger partial charge on any atom is -0.495 e. The van der Waals surface area contributed by atoms with Crippen LogP contribution in [0.1, 0.15) is 88.4 Å². The zero-order valence-corrected chi connectivity index (χ0v) is 22.2. The number of hydrogen-bond acceptors (Lipinski definition) is 4. The Morgan fingerprint density at radius 3 is 2.11 bits per heavy atom. The summed E-state index contributed by atoms with van der Waals surface area (Å²) in [5.74, 6) is 1.07. The van der Waals surface area contributed by atoms with Gasteiger partial charge in [0.25, 0.3) is 5.91 Å². The lowest BCUT2D eigenvalue weighted by Gasteiger charge is -2.13. The van der Waals surface area contributed by atoms with Crippen LogP contribution in [0.25, 0.3) is 0 Å². The van der Waals surface area contributed by atoms with Gasteiger partial charge < -0.3 is 25.4 Å². The Balaban J connectivity index is 1.78. The van der Waals surface area contributed by atoms with Crippen molar-refractivity contribution in [3.8, 4) is 11.5 Å². The molecule has 0 aromatic heterocycles. The Morgan fingerprint density at radius 2 is 1.44 bits per heavy atom. The molecular formula is C29H43N3O4. The van der Waals surface area contributed by atoms with Gasteiger partial charge in [-0.1, -0.05) is 65.2 Å². The maximum Gasteiger partial charge on any atom is 0.323 e. The average molecular weight is 498 g/mol. The molecule has 2 aromatic rings. The molecule has 2 aromatic carbocycles. The number of unbranched alkanes of at least 4 members (excludes halogenated alkanes) is 8. The van der Waals surface area contributed by atoms with Crippen molar-refractivity contribution in [1.82, 2.24) is 5.32 Å². The van der Waals surface area contributed by atoms with Crippen LogP contribution < -0.4 is 25.4 Å². The fraction of sp³-hybridized carbons (Fsp3) is 0.517. The lowest BCUT2D eigenvalue weighted by molar-refractivity contribution is 0.0953. The number of hydrogen-bond donors (Lipinski definition) is 3. The molecule has 198 valence electrons. The van der Waals surface area contributed by atoms with Gasteiger partial charge in [0, 0.05) is 17.8 Å². The van der Waals surface area contributed by atoms with E-state index in [0.29, 0.717) is 35.8 Å². The number of urea groups is 1. The van der Waals surface area contributed by atoms with Crippen molar-refractivity contribution in [3.63, 3.8) is 0 Å². The van der Waals surface area contributed by atoms with E-state index >= 15 is 0 Å². The smallest absolute Gasteiger partial charge is 0.323 e. The van der Waals surface area contributed by atoms with E-state index in [1.807, 2.05) is 12.1 Å². The highest BCUT2D eigenvalue weighted by atomic mass is 16.5. The van der Waals surface area contributed by atoms with Gasteiger partial charge in [-0.25, -0.2) is 4.79 Å². The second kappa shape index (κ2) is 17.2. The predicted molar refractivity (Wildman–Crippen MR) is 147 cm³/mol. The molecule has 0 aliphatic rings. The summed E-state index contributed by atoms with van der Waals surface area (Å²) in [6.45, 7) is 5.62. The summed E-state index contributed by atoms with van der Waals surface area (Å²) in [5.41, 5.74) is 1.52. The highest BCUT2D eigenvalue weighted by Gasteiger charge is 2.12. The first-order valence-corrected chi connectivity index (χ1v) is 13.3. The van der Waals surface area contributed by atoms with Crippen LogP contribution in [-0.2, 0) is 0 Å². The quantitative estimate of drug-likeness (QED) is 0.199. The van der Waals surface area contributed by atoms with E-state index in [1.165, 1.54) is 52.1 Å². The summed E-state index contributed by atoms with van der Waals surface area (Å²) in [4.78, 5) is 24.9. The number of carbonyl (C=O) groups excluding carboxylic acids is 2. The molecule has 0 saturated carbocycles. The molecule has 0 fully saturated rings. The molecule has 0 spiro atoms. The third kappa shape index (κ3) is 11.0. The number of carbonyl (C=O) groups is 2. The first kappa shape index (κ1) is 29.0. The van der Waals surface area contributed by atoms with Crippen molar-refractivity contribution >= 4 is 23.3 Å². The SMILES string of the molecule is CCCCCCCCCCOc1ccc(NC(=O)Nc2cc(C(=O)NCCCC)ccc2OC)cc1. The Kier molecular flexibility index (Phi) is 13.9. The van der Waals surface area contributed by atoms with Gasteiger partial charge in [0.1, 0.15) is 11.5 Å². The van der Waals surface area contributed by atoms with Gasteiger partial charge >= 0.3 is 6.03 Å². The monoisotopic (exact) mass is 497 g/mol. The largest absolute Gasteiger partial charge is 0.495 e. The lowest BCUT2D eigenvalue weighted by Crippen LogP contribution is -2.25. The van der Waals surface area contributed by atoms with E-state index in [1.54, 1.807) is 30.3 Å². The highest BCUT2D eigenvalue weighted by molar-refractivity contribution is 6.02. The molecule has 7 nitrogen and oxygen atoms in total. The number of rotatable bonds is 17. The zero-order chi connectivity index (χ0) is 26.0. The third-order valence-corrected chi connectivity index (χ3v) is 5.90. The Labute approximate surface area is 216 Å². The van der Waals surface area contributed by atoms with Crippen LogP contribution in [0.4, 0.5) is 16.2 Å². The van der Waals surface area contributed by atoms with Gasteiger partial charge in [0.2, 0.25) is 0 Å².